The first kappa shape index (κ1) is 32.9. The molecule has 2 saturated heterocycles. The number of hydrogen-bond acceptors (Lipinski definition) is 8. The van der Waals surface area contributed by atoms with Gasteiger partial charge in [-0.3, -0.25) is 4.79 Å². The van der Waals surface area contributed by atoms with Crippen molar-refractivity contribution in [3.05, 3.63) is 41.1 Å². The van der Waals surface area contributed by atoms with Gasteiger partial charge in [0.15, 0.2) is 5.69 Å². The number of likely N-dealkylation sites (tertiary alicyclic amines) is 2. The van der Waals surface area contributed by atoms with Crippen molar-refractivity contribution in [1.82, 2.24) is 20.1 Å². The molecule has 2 aliphatic rings. The Labute approximate surface area is 225 Å². The quantitative estimate of drug-likeness (QED) is 0.534. The molecule has 0 spiro atoms. The van der Waals surface area contributed by atoms with E-state index in [1.165, 1.54) is 19.2 Å². The molecule has 1 amide bonds. The summed E-state index contributed by atoms with van der Waals surface area (Å²) in [4.78, 5) is 22.0. The first-order valence-electron chi connectivity index (χ1n) is 12.4. The second-order valence-electron chi connectivity index (χ2n) is 9.42. The highest BCUT2D eigenvalue weighted by Gasteiger charge is 2.28. The SMILES string of the molecule is CNCc1nc(C(=O)N2CCC(OC3CCCN(C)C3)CC2)co1.COc1cc(C)c(S)c(C)c1.O.O. The minimum atomic E-state index is -0.0445. The van der Waals surface area contributed by atoms with Gasteiger partial charge in [-0.05, 0) is 83.4 Å². The van der Waals surface area contributed by atoms with Crippen LogP contribution in [0.15, 0.2) is 27.7 Å². The summed E-state index contributed by atoms with van der Waals surface area (Å²) in [7, 11) is 5.64. The molecule has 37 heavy (non-hydrogen) atoms. The van der Waals surface area contributed by atoms with Gasteiger partial charge in [-0.1, -0.05) is 0 Å². The average Bonchev–Trinajstić information content (AvgIpc) is 3.31. The summed E-state index contributed by atoms with van der Waals surface area (Å²) in [6.45, 7) is 8.21. The Morgan fingerprint density at radius 3 is 2.35 bits per heavy atom. The fourth-order valence-electron chi connectivity index (χ4n) is 4.53. The van der Waals surface area contributed by atoms with Gasteiger partial charge in [0.05, 0.1) is 25.9 Å². The first-order valence-corrected chi connectivity index (χ1v) is 12.8. The molecule has 5 N–H and O–H groups in total. The number of piperidine rings is 2. The minimum absolute atomic E-state index is 0. The van der Waals surface area contributed by atoms with E-state index in [4.69, 9.17) is 13.9 Å². The molecule has 2 fully saturated rings. The molecule has 0 bridgehead atoms. The second kappa shape index (κ2) is 16.0. The lowest BCUT2D eigenvalue weighted by Gasteiger charge is -2.36. The van der Waals surface area contributed by atoms with E-state index in [9.17, 15) is 4.79 Å². The molecule has 4 rings (SSSR count). The van der Waals surface area contributed by atoms with E-state index in [0.717, 1.165) is 60.7 Å². The summed E-state index contributed by atoms with van der Waals surface area (Å²) in [6.07, 6.45) is 6.21. The van der Waals surface area contributed by atoms with Crippen molar-refractivity contribution in [2.24, 2.45) is 0 Å². The number of oxazole rings is 1. The van der Waals surface area contributed by atoms with E-state index in [1.807, 2.05) is 37.9 Å². The van der Waals surface area contributed by atoms with Crippen molar-refractivity contribution < 1.29 is 29.6 Å². The van der Waals surface area contributed by atoms with Crippen LogP contribution >= 0.6 is 12.6 Å². The van der Waals surface area contributed by atoms with Gasteiger partial charge in [0.2, 0.25) is 5.89 Å². The van der Waals surface area contributed by atoms with Crippen LogP contribution in [0.1, 0.15) is 53.2 Å². The Hall–Kier alpha value is -2.15. The number of carbonyl (C=O) groups is 1. The smallest absolute Gasteiger partial charge is 0.275 e. The number of hydrogen-bond donors (Lipinski definition) is 2. The minimum Gasteiger partial charge on any atom is -0.497 e. The number of nitrogens with zero attached hydrogens (tertiary/aromatic N) is 3. The zero-order valence-electron chi connectivity index (χ0n) is 22.7. The number of aromatic nitrogens is 1. The van der Waals surface area contributed by atoms with Crippen LogP contribution in [0.3, 0.4) is 0 Å². The lowest BCUT2D eigenvalue weighted by atomic mass is 10.0. The second-order valence-corrected chi connectivity index (χ2v) is 9.87. The molecular formula is C26H44N4O6S. The van der Waals surface area contributed by atoms with Gasteiger partial charge in [-0.2, -0.15) is 0 Å². The van der Waals surface area contributed by atoms with Crippen LogP contribution in [0, 0.1) is 13.8 Å². The maximum Gasteiger partial charge on any atom is 0.275 e. The number of ether oxygens (including phenoxy) is 2. The van der Waals surface area contributed by atoms with E-state index in [1.54, 1.807) is 7.11 Å². The van der Waals surface area contributed by atoms with E-state index in [0.29, 0.717) is 24.2 Å². The molecule has 1 aromatic carbocycles. The number of rotatable bonds is 6. The molecule has 11 heteroatoms. The van der Waals surface area contributed by atoms with Crippen molar-refractivity contribution >= 4 is 18.5 Å². The summed E-state index contributed by atoms with van der Waals surface area (Å²) >= 11 is 4.34. The van der Waals surface area contributed by atoms with E-state index < -0.39 is 0 Å². The predicted molar refractivity (Wildman–Crippen MR) is 147 cm³/mol. The standard InChI is InChI=1S/C17H28N4O3.C9H12OS.2H2O/c1-18-10-16-19-15(12-23-16)17(22)21-8-5-13(6-9-21)24-14-4-3-7-20(2)11-14;1-6-4-8(10-3)5-7(2)9(6)11;;/h12-14,18H,3-11H2,1-2H3;4-5,11H,1-3H3;2*1H2. The Morgan fingerprint density at radius 2 is 1.78 bits per heavy atom. The van der Waals surface area contributed by atoms with Gasteiger partial charge < -0.3 is 40.0 Å². The number of methoxy groups -OCH3 is 1. The molecular weight excluding hydrogens is 496 g/mol. The summed E-state index contributed by atoms with van der Waals surface area (Å²) in [5.41, 5.74) is 2.71. The lowest BCUT2D eigenvalue weighted by Crippen LogP contribution is -2.44. The number of carbonyl (C=O) groups excluding carboxylic acids is 1. The molecule has 1 unspecified atom stereocenters. The van der Waals surface area contributed by atoms with Crippen molar-refractivity contribution in [3.8, 4) is 5.75 Å². The van der Waals surface area contributed by atoms with Gasteiger partial charge in [0.1, 0.15) is 12.0 Å². The molecule has 2 aromatic rings. The highest BCUT2D eigenvalue weighted by atomic mass is 32.1. The van der Waals surface area contributed by atoms with Crippen LogP contribution in [0.25, 0.3) is 0 Å². The van der Waals surface area contributed by atoms with Crippen molar-refractivity contribution in [1.29, 1.82) is 0 Å². The number of likely N-dealkylation sites (N-methyl/N-ethyl adjacent to an activating group) is 1. The summed E-state index contributed by atoms with van der Waals surface area (Å²) in [5, 5.41) is 2.96. The maximum absolute atomic E-state index is 12.5. The lowest BCUT2D eigenvalue weighted by molar-refractivity contribution is -0.0632. The fourth-order valence-corrected chi connectivity index (χ4v) is 4.66. The van der Waals surface area contributed by atoms with Crippen LogP contribution in [0.2, 0.25) is 0 Å². The molecule has 0 aliphatic carbocycles. The molecule has 2 aliphatic heterocycles. The molecule has 3 heterocycles. The van der Waals surface area contributed by atoms with E-state index in [-0.39, 0.29) is 23.0 Å². The Bertz CT molecular complexity index is 941. The highest BCUT2D eigenvalue weighted by molar-refractivity contribution is 7.80. The third-order valence-corrected chi connectivity index (χ3v) is 7.20. The monoisotopic (exact) mass is 540 g/mol. The van der Waals surface area contributed by atoms with Crippen LogP contribution in [0.4, 0.5) is 0 Å². The Morgan fingerprint density at radius 1 is 1.14 bits per heavy atom. The Balaban J connectivity index is 0.000000448. The average molecular weight is 541 g/mol. The van der Waals surface area contributed by atoms with Gasteiger partial charge in [0.25, 0.3) is 5.91 Å². The maximum atomic E-state index is 12.5. The van der Waals surface area contributed by atoms with Gasteiger partial charge in [-0.15, -0.1) is 12.6 Å². The van der Waals surface area contributed by atoms with Gasteiger partial charge in [-0.25, -0.2) is 4.98 Å². The molecule has 10 nitrogen and oxygen atoms in total. The summed E-state index contributed by atoms with van der Waals surface area (Å²) in [6, 6.07) is 3.96. The number of nitrogens with one attached hydrogen (secondary N) is 1. The molecule has 1 aromatic heterocycles. The Kier molecular flexibility index (Phi) is 14.2. The highest BCUT2D eigenvalue weighted by Crippen LogP contribution is 2.24. The topological polar surface area (TPSA) is 143 Å². The third-order valence-electron chi connectivity index (χ3n) is 6.49. The van der Waals surface area contributed by atoms with Crippen LogP contribution in [-0.2, 0) is 11.3 Å². The van der Waals surface area contributed by atoms with Crippen molar-refractivity contribution in [3.63, 3.8) is 0 Å². The molecule has 1 atom stereocenters. The predicted octanol–water partition coefficient (Wildman–Crippen LogP) is 2.06. The number of amides is 1. The van der Waals surface area contributed by atoms with Crippen molar-refractivity contribution in [2.75, 3.05) is 47.4 Å². The van der Waals surface area contributed by atoms with Crippen LogP contribution in [-0.4, -0.2) is 91.2 Å². The number of thiol groups is 1. The number of benzene rings is 1. The van der Waals surface area contributed by atoms with E-state index >= 15 is 0 Å². The first-order chi connectivity index (χ1) is 16.8. The molecule has 0 radical (unpaired) electrons. The molecule has 0 saturated carbocycles. The van der Waals surface area contributed by atoms with E-state index in [2.05, 4.69) is 34.9 Å². The van der Waals surface area contributed by atoms with Gasteiger partial charge in [0, 0.05) is 24.5 Å². The molecule has 210 valence electrons. The summed E-state index contributed by atoms with van der Waals surface area (Å²) < 4.78 is 16.6. The largest absolute Gasteiger partial charge is 0.497 e. The van der Waals surface area contributed by atoms with Crippen LogP contribution < -0.4 is 10.1 Å². The normalized spacial score (nSPS) is 18.2. The third kappa shape index (κ3) is 9.59. The fraction of sp³-hybridized carbons (Fsp3) is 0.615. The zero-order valence-corrected chi connectivity index (χ0v) is 23.6. The van der Waals surface area contributed by atoms with Gasteiger partial charge >= 0.3 is 0 Å². The van der Waals surface area contributed by atoms with Crippen molar-refractivity contribution in [2.45, 2.75) is 63.2 Å². The number of aryl methyl sites for hydroxylation is 2. The summed E-state index contributed by atoms with van der Waals surface area (Å²) in [5.74, 6) is 1.40. The zero-order chi connectivity index (χ0) is 25.4. The van der Waals surface area contributed by atoms with Crippen LogP contribution in [0.5, 0.6) is 5.75 Å².